The summed E-state index contributed by atoms with van der Waals surface area (Å²) in [6.45, 7) is 0.152. The summed E-state index contributed by atoms with van der Waals surface area (Å²) in [6.07, 6.45) is 2.70. The van der Waals surface area contributed by atoms with E-state index in [1.54, 1.807) is 0 Å². The summed E-state index contributed by atoms with van der Waals surface area (Å²) >= 11 is 0. The Bertz CT molecular complexity index is 170. The number of carbonyl (C=O) groups is 2. The van der Waals surface area contributed by atoms with Gasteiger partial charge in [0.15, 0.2) is 0 Å². The maximum absolute atomic E-state index is 11.0. The lowest BCUT2D eigenvalue weighted by molar-refractivity contribution is -0.131. The van der Waals surface area contributed by atoms with Crippen molar-refractivity contribution in [3.05, 3.63) is 0 Å². The van der Waals surface area contributed by atoms with Crippen LogP contribution in [0.2, 0.25) is 0 Å². The molecule has 3 heteroatoms. The molecule has 12 heavy (non-hydrogen) atoms. The summed E-state index contributed by atoms with van der Waals surface area (Å²) in [5.41, 5.74) is 0. The molecule has 0 aliphatic heterocycles. The average molecular weight is 170 g/mol. The molecule has 1 N–H and O–H groups in total. The summed E-state index contributed by atoms with van der Waals surface area (Å²) in [5.74, 6) is 0.328. The molecular weight excluding hydrogens is 156 g/mol. The van der Waals surface area contributed by atoms with Crippen molar-refractivity contribution in [2.45, 2.75) is 32.1 Å². The average Bonchev–Trinajstić information content (AvgIpc) is 1.99. The molecule has 3 nitrogen and oxygen atoms in total. The molecule has 1 fully saturated rings. The van der Waals surface area contributed by atoms with Gasteiger partial charge in [0.25, 0.3) is 0 Å². The van der Waals surface area contributed by atoms with Crippen molar-refractivity contribution in [1.29, 1.82) is 0 Å². The van der Waals surface area contributed by atoms with E-state index in [2.05, 4.69) is 0 Å². The molecule has 0 heterocycles. The van der Waals surface area contributed by atoms with Gasteiger partial charge in [0.05, 0.1) is 6.42 Å². The third-order valence-corrected chi connectivity index (χ3v) is 2.20. The third-order valence-electron chi connectivity index (χ3n) is 2.20. The predicted molar refractivity (Wildman–Crippen MR) is 43.7 cm³/mol. The van der Waals surface area contributed by atoms with Gasteiger partial charge in [0.2, 0.25) is 0 Å². The van der Waals surface area contributed by atoms with Crippen LogP contribution in [0.15, 0.2) is 0 Å². The van der Waals surface area contributed by atoms with Gasteiger partial charge in [-0.2, -0.15) is 0 Å². The Morgan fingerprint density at radius 2 is 1.83 bits per heavy atom. The van der Waals surface area contributed by atoms with Gasteiger partial charge >= 0.3 is 0 Å². The lowest BCUT2D eigenvalue weighted by atomic mass is 9.84. The van der Waals surface area contributed by atoms with Crippen molar-refractivity contribution >= 4 is 11.6 Å². The molecular formula is C9H14O3. The Hall–Kier alpha value is -0.700. The van der Waals surface area contributed by atoms with Crippen LogP contribution in [0.1, 0.15) is 32.1 Å². The van der Waals surface area contributed by atoms with Crippen LogP contribution >= 0.6 is 0 Å². The fraction of sp³-hybridized carbons (Fsp3) is 0.778. The van der Waals surface area contributed by atoms with E-state index in [0.717, 1.165) is 6.42 Å². The second-order valence-corrected chi connectivity index (χ2v) is 3.39. The van der Waals surface area contributed by atoms with E-state index in [1.165, 1.54) is 0 Å². The van der Waals surface area contributed by atoms with Crippen molar-refractivity contribution in [1.82, 2.24) is 0 Å². The van der Waals surface area contributed by atoms with Crippen LogP contribution in [0.25, 0.3) is 0 Å². The van der Waals surface area contributed by atoms with E-state index in [0.29, 0.717) is 19.3 Å². The maximum atomic E-state index is 11.0. The van der Waals surface area contributed by atoms with Crippen LogP contribution in [0.3, 0.4) is 0 Å². The Kier molecular flexibility index (Phi) is 3.41. The third kappa shape index (κ3) is 2.74. The zero-order chi connectivity index (χ0) is 8.97. The quantitative estimate of drug-likeness (QED) is 0.634. The molecule has 0 saturated heterocycles. The summed E-state index contributed by atoms with van der Waals surface area (Å²) in [5, 5.41) is 8.56. The highest BCUT2D eigenvalue weighted by molar-refractivity contribution is 6.01. The van der Waals surface area contributed by atoms with Crippen molar-refractivity contribution in [2.75, 3.05) is 6.61 Å². The number of ketones is 2. The number of aliphatic hydroxyl groups is 1. The molecule has 0 unspecified atom stereocenters. The van der Waals surface area contributed by atoms with E-state index >= 15 is 0 Å². The van der Waals surface area contributed by atoms with Gasteiger partial charge in [-0.15, -0.1) is 0 Å². The van der Waals surface area contributed by atoms with Crippen molar-refractivity contribution in [3.63, 3.8) is 0 Å². The van der Waals surface area contributed by atoms with Gasteiger partial charge in [-0.05, 0) is 18.8 Å². The molecule has 0 aromatic heterocycles. The highest BCUT2D eigenvalue weighted by atomic mass is 16.3. The van der Waals surface area contributed by atoms with Gasteiger partial charge in [-0.25, -0.2) is 0 Å². The summed E-state index contributed by atoms with van der Waals surface area (Å²) < 4.78 is 0. The molecule has 0 bridgehead atoms. The van der Waals surface area contributed by atoms with Crippen LogP contribution in [0, 0.1) is 5.92 Å². The van der Waals surface area contributed by atoms with Gasteiger partial charge in [0, 0.05) is 19.4 Å². The molecule has 0 radical (unpaired) electrons. The fourth-order valence-electron chi connectivity index (χ4n) is 1.66. The topological polar surface area (TPSA) is 54.4 Å². The minimum atomic E-state index is 0.0641. The molecule has 0 atom stereocenters. The fourth-order valence-corrected chi connectivity index (χ4v) is 1.66. The Morgan fingerprint density at radius 3 is 2.33 bits per heavy atom. The van der Waals surface area contributed by atoms with E-state index in [9.17, 15) is 9.59 Å². The summed E-state index contributed by atoms with van der Waals surface area (Å²) in [6, 6.07) is 0. The first-order valence-corrected chi connectivity index (χ1v) is 4.36. The molecule has 0 amide bonds. The molecule has 1 saturated carbocycles. The minimum Gasteiger partial charge on any atom is -0.396 e. The molecule has 1 aliphatic carbocycles. The molecule has 0 aromatic carbocycles. The van der Waals surface area contributed by atoms with Crippen molar-refractivity contribution in [3.8, 4) is 0 Å². The first-order valence-electron chi connectivity index (χ1n) is 4.36. The van der Waals surface area contributed by atoms with Crippen molar-refractivity contribution < 1.29 is 14.7 Å². The van der Waals surface area contributed by atoms with Crippen LogP contribution in [0.5, 0.6) is 0 Å². The number of rotatable bonds is 3. The minimum absolute atomic E-state index is 0.0641. The summed E-state index contributed by atoms with van der Waals surface area (Å²) in [4.78, 5) is 21.9. The van der Waals surface area contributed by atoms with Crippen LogP contribution < -0.4 is 0 Å². The van der Waals surface area contributed by atoms with Gasteiger partial charge in [-0.3, -0.25) is 9.59 Å². The standard InChI is InChI=1S/C9H14O3/c10-3-1-2-7-4-8(11)6-9(12)5-7/h7,10H,1-6H2. The Morgan fingerprint density at radius 1 is 1.25 bits per heavy atom. The normalized spacial score (nSPS) is 20.1. The highest BCUT2D eigenvalue weighted by Gasteiger charge is 2.24. The SMILES string of the molecule is O=C1CC(=O)CC(CCCO)C1. The first kappa shape index (κ1) is 9.39. The number of aliphatic hydroxyl groups excluding tert-OH is 1. The lowest BCUT2D eigenvalue weighted by Gasteiger charge is -2.18. The molecule has 0 aromatic rings. The lowest BCUT2D eigenvalue weighted by Crippen LogP contribution is -2.22. The number of hydrogen-bond donors (Lipinski definition) is 1. The van der Waals surface area contributed by atoms with Gasteiger partial charge < -0.3 is 5.11 Å². The number of carbonyl (C=O) groups excluding carboxylic acids is 2. The largest absolute Gasteiger partial charge is 0.396 e. The van der Waals surface area contributed by atoms with Gasteiger partial charge in [-0.1, -0.05) is 0 Å². The van der Waals surface area contributed by atoms with E-state index in [1.807, 2.05) is 0 Å². The van der Waals surface area contributed by atoms with E-state index in [4.69, 9.17) is 5.11 Å². The van der Waals surface area contributed by atoms with E-state index < -0.39 is 0 Å². The second-order valence-electron chi connectivity index (χ2n) is 3.39. The molecule has 1 aliphatic rings. The number of Topliss-reactive ketones (excluding diaryl/α,β-unsaturated/α-hetero) is 2. The number of hydrogen-bond acceptors (Lipinski definition) is 3. The Balaban J connectivity index is 2.34. The Labute approximate surface area is 71.8 Å². The van der Waals surface area contributed by atoms with Crippen molar-refractivity contribution in [2.24, 2.45) is 5.92 Å². The second kappa shape index (κ2) is 4.36. The van der Waals surface area contributed by atoms with Gasteiger partial charge in [0.1, 0.15) is 11.6 Å². The predicted octanol–water partition coefficient (Wildman–Crippen LogP) is 0.697. The van der Waals surface area contributed by atoms with Crippen LogP contribution in [-0.2, 0) is 9.59 Å². The zero-order valence-electron chi connectivity index (χ0n) is 7.08. The van der Waals surface area contributed by atoms with Crippen LogP contribution in [-0.4, -0.2) is 23.3 Å². The zero-order valence-corrected chi connectivity index (χ0v) is 7.08. The monoisotopic (exact) mass is 170 g/mol. The molecule has 1 rings (SSSR count). The van der Waals surface area contributed by atoms with Crippen LogP contribution in [0.4, 0.5) is 0 Å². The summed E-state index contributed by atoms with van der Waals surface area (Å²) in [7, 11) is 0. The molecule has 68 valence electrons. The smallest absolute Gasteiger partial charge is 0.140 e. The van der Waals surface area contributed by atoms with E-state index in [-0.39, 0.29) is 30.5 Å². The molecule has 0 spiro atoms. The maximum Gasteiger partial charge on any atom is 0.140 e. The highest BCUT2D eigenvalue weighted by Crippen LogP contribution is 2.22. The first-order chi connectivity index (χ1) is 5.72.